The van der Waals surface area contributed by atoms with E-state index >= 15 is 0 Å². The maximum atomic E-state index is 11.1. The molecule has 0 aliphatic carbocycles. The predicted molar refractivity (Wildman–Crippen MR) is 52.8 cm³/mol. The third kappa shape index (κ3) is 5.05. The van der Waals surface area contributed by atoms with Crippen molar-refractivity contribution in [3.05, 3.63) is 0 Å². The van der Waals surface area contributed by atoms with E-state index in [0.717, 1.165) is 12.1 Å². The van der Waals surface area contributed by atoms with Crippen LogP contribution in [0.3, 0.4) is 0 Å². The van der Waals surface area contributed by atoms with E-state index in [4.69, 9.17) is 0 Å². The van der Waals surface area contributed by atoms with Crippen molar-refractivity contribution in [2.75, 3.05) is 0 Å². The van der Waals surface area contributed by atoms with Crippen LogP contribution < -0.4 is 0 Å². The summed E-state index contributed by atoms with van der Waals surface area (Å²) in [7, 11) is 0. The van der Waals surface area contributed by atoms with Gasteiger partial charge in [0.2, 0.25) is 0 Å². The number of nitrogens with zero attached hydrogens (tertiary/aromatic N) is 1. The highest BCUT2D eigenvalue weighted by molar-refractivity contribution is 6.01. The second-order valence-electron chi connectivity index (χ2n) is 3.21. The molecular weight excluding hydrogens is 150 g/mol. The second-order valence-corrected chi connectivity index (χ2v) is 3.21. The molecule has 2 nitrogen and oxygen atoms in total. The van der Waals surface area contributed by atoms with E-state index in [-0.39, 0.29) is 5.78 Å². The van der Waals surface area contributed by atoms with Crippen molar-refractivity contribution in [3.8, 4) is 0 Å². The number of hydrogen-bond acceptors (Lipinski definition) is 2. The van der Waals surface area contributed by atoms with Crippen molar-refractivity contribution in [2.24, 2.45) is 4.99 Å². The molecule has 0 radical (unpaired) electrons. The van der Waals surface area contributed by atoms with Crippen LogP contribution in [0.1, 0.15) is 47.0 Å². The molecule has 0 amide bonds. The lowest BCUT2D eigenvalue weighted by Crippen LogP contribution is -2.08. The smallest absolute Gasteiger partial charge is 0.138 e. The Morgan fingerprint density at radius 3 is 2.17 bits per heavy atom. The van der Waals surface area contributed by atoms with Crippen molar-refractivity contribution in [1.82, 2.24) is 0 Å². The number of Topliss-reactive ketones (excluding diaryl/α,β-unsaturated/α-hetero) is 1. The van der Waals surface area contributed by atoms with E-state index in [9.17, 15) is 4.79 Å². The number of rotatable bonds is 5. The van der Waals surface area contributed by atoms with Crippen molar-refractivity contribution in [2.45, 2.75) is 53.0 Å². The lowest BCUT2D eigenvalue weighted by Gasteiger charge is -2.04. The summed E-state index contributed by atoms with van der Waals surface area (Å²) in [6.45, 7) is 8.01. The summed E-state index contributed by atoms with van der Waals surface area (Å²) in [5.41, 5.74) is 1.04. The predicted octanol–water partition coefficient (Wildman–Crippen LogP) is 2.62. The summed E-state index contributed by atoms with van der Waals surface area (Å²) in [4.78, 5) is 15.5. The van der Waals surface area contributed by atoms with Crippen LogP contribution in [-0.2, 0) is 4.79 Å². The van der Waals surface area contributed by atoms with Gasteiger partial charge < -0.3 is 0 Å². The van der Waals surface area contributed by atoms with E-state index in [1.807, 2.05) is 27.7 Å². The summed E-state index contributed by atoms with van der Waals surface area (Å²) in [5, 5.41) is 0. The highest BCUT2D eigenvalue weighted by Gasteiger charge is 2.03. The summed E-state index contributed by atoms with van der Waals surface area (Å²) in [6.07, 6.45) is 2.06. The molecule has 0 rings (SSSR count). The van der Waals surface area contributed by atoms with Gasteiger partial charge in [-0.15, -0.1) is 0 Å². The molecule has 0 aromatic rings. The number of carbonyl (C=O) groups is 1. The molecule has 0 heterocycles. The SMILES string of the molecule is CCC(=O)C/C(CC)=N\C(C)C. The molecule has 0 N–H and O–H groups in total. The van der Waals surface area contributed by atoms with E-state index in [1.165, 1.54) is 0 Å². The van der Waals surface area contributed by atoms with Crippen LogP contribution in [0.25, 0.3) is 0 Å². The minimum absolute atomic E-state index is 0.288. The Balaban J connectivity index is 4.08. The maximum absolute atomic E-state index is 11.1. The van der Waals surface area contributed by atoms with E-state index in [2.05, 4.69) is 4.99 Å². The van der Waals surface area contributed by atoms with Gasteiger partial charge in [0.05, 0.1) is 0 Å². The van der Waals surface area contributed by atoms with E-state index < -0.39 is 0 Å². The normalized spacial score (nSPS) is 12.2. The van der Waals surface area contributed by atoms with Crippen molar-refractivity contribution in [1.29, 1.82) is 0 Å². The second kappa shape index (κ2) is 5.92. The minimum atomic E-state index is 0.288. The number of hydrogen-bond donors (Lipinski definition) is 0. The zero-order valence-electron chi connectivity index (χ0n) is 8.55. The molecule has 12 heavy (non-hydrogen) atoms. The number of carbonyl (C=O) groups excluding carboxylic acids is 1. The van der Waals surface area contributed by atoms with Gasteiger partial charge in [0.15, 0.2) is 0 Å². The average Bonchev–Trinajstić information content (AvgIpc) is 2.02. The van der Waals surface area contributed by atoms with Gasteiger partial charge in [-0.25, -0.2) is 0 Å². The van der Waals surface area contributed by atoms with Gasteiger partial charge in [0.1, 0.15) is 5.78 Å². The van der Waals surface area contributed by atoms with Crippen molar-refractivity contribution < 1.29 is 4.79 Å². The van der Waals surface area contributed by atoms with E-state index in [0.29, 0.717) is 18.9 Å². The van der Waals surface area contributed by atoms with Crippen molar-refractivity contribution in [3.63, 3.8) is 0 Å². The molecule has 0 aliphatic rings. The lowest BCUT2D eigenvalue weighted by atomic mass is 10.1. The molecule has 0 fully saturated rings. The molecule has 0 atom stereocenters. The molecule has 0 spiro atoms. The van der Waals surface area contributed by atoms with Crippen LogP contribution in [0.5, 0.6) is 0 Å². The Bertz CT molecular complexity index is 171. The molecular formula is C10H19NO. The van der Waals surface area contributed by atoms with Crippen LogP contribution in [0.15, 0.2) is 4.99 Å². The Kier molecular flexibility index (Phi) is 5.60. The van der Waals surface area contributed by atoms with Gasteiger partial charge in [-0.2, -0.15) is 0 Å². The van der Waals surface area contributed by atoms with Gasteiger partial charge in [-0.1, -0.05) is 13.8 Å². The lowest BCUT2D eigenvalue weighted by molar-refractivity contribution is -0.117. The van der Waals surface area contributed by atoms with Gasteiger partial charge >= 0.3 is 0 Å². The third-order valence-corrected chi connectivity index (χ3v) is 1.64. The maximum Gasteiger partial charge on any atom is 0.138 e. The molecule has 70 valence electrons. The van der Waals surface area contributed by atoms with Gasteiger partial charge in [0, 0.05) is 24.6 Å². The molecule has 0 saturated carbocycles. The zero-order chi connectivity index (χ0) is 9.56. The Hall–Kier alpha value is -0.660. The summed E-state index contributed by atoms with van der Waals surface area (Å²) in [6, 6.07) is 0.310. The first-order valence-corrected chi connectivity index (χ1v) is 4.67. The minimum Gasteiger partial charge on any atom is -0.299 e. The highest BCUT2D eigenvalue weighted by Crippen LogP contribution is 2.00. The molecule has 0 aliphatic heterocycles. The van der Waals surface area contributed by atoms with Crippen LogP contribution in [0, 0.1) is 0 Å². The molecule has 0 bridgehead atoms. The highest BCUT2D eigenvalue weighted by atomic mass is 16.1. The first-order valence-electron chi connectivity index (χ1n) is 4.67. The van der Waals surface area contributed by atoms with E-state index in [1.54, 1.807) is 0 Å². The largest absolute Gasteiger partial charge is 0.299 e. The molecule has 0 unspecified atom stereocenters. The number of aliphatic imine (C=N–C) groups is 1. The Labute approximate surface area is 75.1 Å². The summed E-state index contributed by atoms with van der Waals surface area (Å²) in [5.74, 6) is 0.288. The first-order chi connectivity index (χ1) is 5.60. The van der Waals surface area contributed by atoms with Crippen LogP contribution in [0.2, 0.25) is 0 Å². The van der Waals surface area contributed by atoms with Gasteiger partial charge in [-0.05, 0) is 20.3 Å². The van der Waals surface area contributed by atoms with Gasteiger partial charge in [0.25, 0.3) is 0 Å². The fourth-order valence-electron chi connectivity index (χ4n) is 0.980. The molecule has 2 heteroatoms. The average molecular weight is 169 g/mol. The standard InChI is InChI=1S/C10H19NO/c1-5-9(11-8(3)4)7-10(12)6-2/h8H,5-7H2,1-4H3/b11-9-. The van der Waals surface area contributed by atoms with Crippen LogP contribution in [0.4, 0.5) is 0 Å². The molecule has 0 aromatic heterocycles. The number of ketones is 1. The Morgan fingerprint density at radius 2 is 1.83 bits per heavy atom. The van der Waals surface area contributed by atoms with Crippen molar-refractivity contribution >= 4 is 11.5 Å². The first kappa shape index (κ1) is 11.3. The fourth-order valence-corrected chi connectivity index (χ4v) is 0.980. The Morgan fingerprint density at radius 1 is 1.25 bits per heavy atom. The summed E-state index contributed by atoms with van der Waals surface area (Å²) >= 11 is 0. The van der Waals surface area contributed by atoms with Crippen LogP contribution >= 0.6 is 0 Å². The topological polar surface area (TPSA) is 29.4 Å². The third-order valence-electron chi connectivity index (χ3n) is 1.64. The van der Waals surface area contributed by atoms with Crippen LogP contribution in [-0.4, -0.2) is 17.5 Å². The molecule has 0 saturated heterocycles. The fraction of sp³-hybridized carbons (Fsp3) is 0.800. The monoisotopic (exact) mass is 169 g/mol. The summed E-state index contributed by atoms with van der Waals surface area (Å²) < 4.78 is 0. The van der Waals surface area contributed by atoms with Gasteiger partial charge in [-0.3, -0.25) is 9.79 Å². The quantitative estimate of drug-likeness (QED) is 0.582. The zero-order valence-corrected chi connectivity index (χ0v) is 8.55. The molecule has 0 aromatic carbocycles.